The number of rotatable bonds is 4. The fraction of sp³-hybridized carbons (Fsp3) is 0.400. The molecule has 0 aromatic heterocycles. The highest BCUT2D eigenvalue weighted by Crippen LogP contribution is 2.22. The lowest BCUT2D eigenvalue weighted by Crippen LogP contribution is -2.01. The van der Waals surface area contributed by atoms with E-state index in [1.54, 1.807) is 11.8 Å². The Morgan fingerprint density at radius 3 is 2.46 bits per heavy atom. The van der Waals surface area contributed by atoms with Gasteiger partial charge >= 0.3 is 0 Å². The Hall–Kier alpha value is -0.510. The first kappa shape index (κ1) is 10.6. The maximum absolute atomic E-state index is 8.86. The molecule has 1 rings (SSSR count). The van der Waals surface area contributed by atoms with Gasteiger partial charge in [0.1, 0.15) is 0 Å². The van der Waals surface area contributed by atoms with Crippen molar-refractivity contribution in [1.29, 1.82) is 0 Å². The van der Waals surface area contributed by atoms with Gasteiger partial charge in [0.25, 0.3) is 0 Å². The highest BCUT2D eigenvalue weighted by molar-refractivity contribution is 8.00. The molecular formula is C10H15NOS. The molecule has 3 N–H and O–H groups in total. The summed E-state index contributed by atoms with van der Waals surface area (Å²) in [6.07, 6.45) is 0. The van der Waals surface area contributed by atoms with E-state index in [1.165, 1.54) is 4.90 Å². The molecule has 0 radical (unpaired) electrons. The van der Waals surface area contributed by atoms with Crippen LogP contribution in [-0.4, -0.2) is 17.0 Å². The van der Waals surface area contributed by atoms with Gasteiger partial charge < -0.3 is 10.8 Å². The molecule has 0 bridgehead atoms. The summed E-state index contributed by atoms with van der Waals surface area (Å²) in [5, 5.41) is 9.11. The van der Waals surface area contributed by atoms with Crippen LogP contribution >= 0.6 is 11.8 Å². The Balaban J connectivity index is 2.58. The normalized spacial score (nSPS) is 12.8. The lowest BCUT2D eigenvalue weighted by atomic mass is 10.2. The van der Waals surface area contributed by atoms with E-state index >= 15 is 0 Å². The van der Waals surface area contributed by atoms with Crippen LogP contribution in [0.15, 0.2) is 29.2 Å². The summed E-state index contributed by atoms with van der Waals surface area (Å²) in [5.74, 6) is 0. The van der Waals surface area contributed by atoms with Crippen molar-refractivity contribution in [3.63, 3.8) is 0 Å². The number of aliphatic hydroxyl groups is 1. The summed E-state index contributed by atoms with van der Waals surface area (Å²) in [6, 6.07) is 8.12. The van der Waals surface area contributed by atoms with Gasteiger partial charge in [0.2, 0.25) is 0 Å². The molecule has 0 saturated carbocycles. The Labute approximate surface area is 83.1 Å². The summed E-state index contributed by atoms with van der Waals surface area (Å²) in [7, 11) is 0. The molecule has 72 valence electrons. The summed E-state index contributed by atoms with van der Waals surface area (Å²) >= 11 is 1.67. The standard InChI is InChI=1S/C10H15NOS/c1-8(7-12)13-10-4-2-9(6-11)3-5-10/h2-5,8,12H,6-7,11H2,1H3. The van der Waals surface area contributed by atoms with Gasteiger partial charge in [-0.25, -0.2) is 0 Å². The average molecular weight is 197 g/mol. The lowest BCUT2D eigenvalue weighted by molar-refractivity contribution is 0.300. The molecule has 1 unspecified atom stereocenters. The summed E-state index contributed by atoms with van der Waals surface area (Å²) in [5.41, 5.74) is 6.62. The van der Waals surface area contributed by atoms with E-state index in [4.69, 9.17) is 10.8 Å². The third-order valence-corrected chi connectivity index (χ3v) is 2.85. The van der Waals surface area contributed by atoms with Crippen molar-refractivity contribution < 1.29 is 5.11 Å². The van der Waals surface area contributed by atoms with Gasteiger partial charge in [-0.1, -0.05) is 19.1 Å². The second kappa shape index (κ2) is 5.27. The summed E-state index contributed by atoms with van der Waals surface area (Å²) < 4.78 is 0. The topological polar surface area (TPSA) is 46.2 Å². The minimum atomic E-state index is 0.212. The van der Waals surface area contributed by atoms with E-state index in [0.29, 0.717) is 6.54 Å². The zero-order valence-corrected chi connectivity index (χ0v) is 8.55. The molecular weight excluding hydrogens is 182 g/mol. The minimum absolute atomic E-state index is 0.212. The second-order valence-corrected chi connectivity index (χ2v) is 4.47. The smallest absolute Gasteiger partial charge is 0.0550 e. The lowest BCUT2D eigenvalue weighted by Gasteiger charge is -2.07. The third-order valence-electron chi connectivity index (χ3n) is 1.75. The van der Waals surface area contributed by atoms with Gasteiger partial charge in [-0.15, -0.1) is 11.8 Å². The van der Waals surface area contributed by atoms with E-state index in [-0.39, 0.29) is 11.9 Å². The fourth-order valence-electron chi connectivity index (χ4n) is 0.974. The second-order valence-electron chi connectivity index (χ2n) is 2.96. The number of thioether (sulfide) groups is 1. The molecule has 0 aliphatic rings. The Kier molecular flexibility index (Phi) is 4.28. The first-order valence-corrected chi connectivity index (χ1v) is 5.20. The van der Waals surface area contributed by atoms with Crippen molar-refractivity contribution >= 4 is 11.8 Å². The maximum Gasteiger partial charge on any atom is 0.0550 e. The molecule has 3 heteroatoms. The molecule has 1 atom stereocenters. The van der Waals surface area contributed by atoms with Gasteiger partial charge in [0, 0.05) is 16.7 Å². The molecule has 2 nitrogen and oxygen atoms in total. The molecule has 0 aliphatic carbocycles. The highest BCUT2D eigenvalue weighted by Gasteiger charge is 2.01. The minimum Gasteiger partial charge on any atom is -0.395 e. The molecule has 0 aliphatic heterocycles. The van der Waals surface area contributed by atoms with Gasteiger partial charge in [0.05, 0.1) is 6.61 Å². The number of hydrogen-bond donors (Lipinski definition) is 2. The van der Waals surface area contributed by atoms with E-state index in [0.717, 1.165) is 5.56 Å². The summed E-state index contributed by atoms with van der Waals surface area (Å²) in [6.45, 7) is 2.80. The van der Waals surface area contributed by atoms with E-state index in [9.17, 15) is 0 Å². The predicted octanol–water partition coefficient (Wildman–Crippen LogP) is 1.62. The number of benzene rings is 1. The van der Waals surface area contributed by atoms with E-state index < -0.39 is 0 Å². The zero-order chi connectivity index (χ0) is 9.68. The zero-order valence-electron chi connectivity index (χ0n) is 7.73. The quantitative estimate of drug-likeness (QED) is 0.721. The van der Waals surface area contributed by atoms with Crippen molar-refractivity contribution in [3.05, 3.63) is 29.8 Å². The van der Waals surface area contributed by atoms with E-state index in [2.05, 4.69) is 0 Å². The molecule has 0 amide bonds. The first-order chi connectivity index (χ1) is 6.26. The van der Waals surface area contributed by atoms with Crippen LogP contribution in [0.3, 0.4) is 0 Å². The Morgan fingerprint density at radius 1 is 1.38 bits per heavy atom. The molecule has 0 saturated heterocycles. The van der Waals surface area contributed by atoms with Gasteiger partial charge in [0.15, 0.2) is 0 Å². The van der Waals surface area contributed by atoms with Gasteiger partial charge in [-0.05, 0) is 17.7 Å². The molecule has 1 aromatic carbocycles. The number of nitrogens with two attached hydrogens (primary N) is 1. The third kappa shape index (κ3) is 3.38. The molecule has 13 heavy (non-hydrogen) atoms. The van der Waals surface area contributed by atoms with Crippen LogP contribution in [0.25, 0.3) is 0 Å². The van der Waals surface area contributed by atoms with Crippen LogP contribution in [0.2, 0.25) is 0 Å². The van der Waals surface area contributed by atoms with Crippen molar-refractivity contribution in [2.45, 2.75) is 23.6 Å². The van der Waals surface area contributed by atoms with Crippen LogP contribution in [0.4, 0.5) is 0 Å². The fourth-order valence-corrected chi connectivity index (χ4v) is 1.81. The van der Waals surface area contributed by atoms with Crippen LogP contribution < -0.4 is 5.73 Å². The van der Waals surface area contributed by atoms with Crippen molar-refractivity contribution in [2.75, 3.05) is 6.61 Å². The highest BCUT2D eigenvalue weighted by atomic mass is 32.2. The van der Waals surface area contributed by atoms with Crippen LogP contribution in [0, 0.1) is 0 Å². The molecule has 1 aromatic rings. The van der Waals surface area contributed by atoms with Crippen LogP contribution in [-0.2, 0) is 6.54 Å². The first-order valence-electron chi connectivity index (χ1n) is 4.32. The predicted molar refractivity (Wildman–Crippen MR) is 56.7 cm³/mol. The maximum atomic E-state index is 8.86. The molecule has 0 spiro atoms. The molecule has 0 fully saturated rings. The monoisotopic (exact) mass is 197 g/mol. The van der Waals surface area contributed by atoms with Crippen molar-refractivity contribution in [1.82, 2.24) is 0 Å². The van der Waals surface area contributed by atoms with Crippen molar-refractivity contribution in [2.24, 2.45) is 5.73 Å². The number of aliphatic hydroxyl groups excluding tert-OH is 1. The SMILES string of the molecule is CC(CO)Sc1ccc(CN)cc1. The van der Waals surface area contributed by atoms with E-state index in [1.807, 2.05) is 31.2 Å². The Morgan fingerprint density at radius 2 is 2.00 bits per heavy atom. The average Bonchev–Trinajstić information content (AvgIpc) is 2.19. The van der Waals surface area contributed by atoms with Crippen molar-refractivity contribution in [3.8, 4) is 0 Å². The largest absolute Gasteiger partial charge is 0.395 e. The van der Waals surface area contributed by atoms with Crippen LogP contribution in [0.5, 0.6) is 0 Å². The Bertz CT molecular complexity index is 248. The summed E-state index contributed by atoms with van der Waals surface area (Å²) in [4.78, 5) is 1.18. The van der Waals surface area contributed by atoms with Gasteiger partial charge in [-0.2, -0.15) is 0 Å². The molecule has 0 heterocycles. The van der Waals surface area contributed by atoms with Crippen LogP contribution in [0.1, 0.15) is 12.5 Å². The van der Waals surface area contributed by atoms with Gasteiger partial charge in [-0.3, -0.25) is 0 Å². The number of hydrogen-bond acceptors (Lipinski definition) is 3.